The van der Waals surface area contributed by atoms with Gasteiger partial charge in [-0.2, -0.15) is 0 Å². The van der Waals surface area contributed by atoms with Gasteiger partial charge < -0.3 is 4.74 Å². The van der Waals surface area contributed by atoms with E-state index < -0.39 is 0 Å². The van der Waals surface area contributed by atoms with Gasteiger partial charge in [0.1, 0.15) is 5.75 Å². The van der Waals surface area contributed by atoms with Crippen molar-refractivity contribution in [2.45, 2.75) is 0 Å². The SMILES string of the molecule is COc1cc(-c2ccccc2)ccc1-c1cc[c]cc1. The molecule has 0 aliphatic carbocycles. The van der Waals surface area contributed by atoms with Gasteiger partial charge in [-0.05, 0) is 28.8 Å². The van der Waals surface area contributed by atoms with Crippen molar-refractivity contribution in [2.24, 2.45) is 0 Å². The zero-order valence-electron chi connectivity index (χ0n) is 11.3. The molecule has 3 aromatic rings. The van der Waals surface area contributed by atoms with Crippen molar-refractivity contribution >= 4 is 0 Å². The molecule has 20 heavy (non-hydrogen) atoms. The Morgan fingerprint density at radius 3 is 2.20 bits per heavy atom. The van der Waals surface area contributed by atoms with Crippen LogP contribution in [0.3, 0.4) is 0 Å². The number of methoxy groups -OCH3 is 1. The summed E-state index contributed by atoms with van der Waals surface area (Å²) >= 11 is 0. The number of ether oxygens (including phenoxy) is 1. The first-order valence-corrected chi connectivity index (χ1v) is 6.58. The highest BCUT2D eigenvalue weighted by Crippen LogP contribution is 2.33. The predicted molar refractivity (Wildman–Crippen MR) is 82.7 cm³/mol. The second-order valence-electron chi connectivity index (χ2n) is 4.57. The largest absolute Gasteiger partial charge is 0.496 e. The van der Waals surface area contributed by atoms with Gasteiger partial charge in [0.25, 0.3) is 0 Å². The minimum atomic E-state index is 0.887. The van der Waals surface area contributed by atoms with Crippen LogP contribution in [0.25, 0.3) is 22.3 Å². The minimum absolute atomic E-state index is 0.887. The molecule has 0 amide bonds. The van der Waals surface area contributed by atoms with E-state index >= 15 is 0 Å². The maximum absolute atomic E-state index is 5.55. The molecule has 0 bridgehead atoms. The monoisotopic (exact) mass is 259 g/mol. The summed E-state index contributed by atoms with van der Waals surface area (Å²) in [4.78, 5) is 0. The Hall–Kier alpha value is -2.54. The molecule has 0 aliphatic rings. The zero-order valence-corrected chi connectivity index (χ0v) is 11.3. The summed E-state index contributed by atoms with van der Waals surface area (Å²) in [5.41, 5.74) is 4.59. The lowest BCUT2D eigenvalue weighted by molar-refractivity contribution is 0.416. The minimum Gasteiger partial charge on any atom is -0.496 e. The van der Waals surface area contributed by atoms with Gasteiger partial charge >= 0.3 is 0 Å². The zero-order chi connectivity index (χ0) is 13.8. The lowest BCUT2D eigenvalue weighted by Gasteiger charge is -2.11. The Kier molecular flexibility index (Phi) is 3.51. The molecule has 0 saturated heterocycles. The van der Waals surface area contributed by atoms with Crippen LogP contribution in [0.1, 0.15) is 0 Å². The van der Waals surface area contributed by atoms with E-state index in [1.54, 1.807) is 7.11 Å². The summed E-state index contributed by atoms with van der Waals surface area (Å²) in [6.07, 6.45) is 0. The summed E-state index contributed by atoms with van der Waals surface area (Å²) in [6, 6.07) is 27.6. The number of hydrogen-bond acceptors (Lipinski definition) is 1. The maximum atomic E-state index is 5.55. The smallest absolute Gasteiger partial charge is 0.127 e. The van der Waals surface area contributed by atoms with Crippen LogP contribution in [0.2, 0.25) is 0 Å². The van der Waals surface area contributed by atoms with Gasteiger partial charge in [-0.3, -0.25) is 0 Å². The molecule has 1 radical (unpaired) electrons. The molecule has 0 unspecified atom stereocenters. The molecule has 0 aliphatic heterocycles. The standard InChI is InChI=1S/C19H15O/c1-20-19-14-17(15-8-4-2-5-9-15)12-13-18(19)16-10-6-3-7-11-16/h2,4-14H,1H3. The van der Waals surface area contributed by atoms with E-state index in [4.69, 9.17) is 4.74 Å². The first-order chi connectivity index (χ1) is 9.88. The number of benzene rings is 3. The lowest BCUT2D eigenvalue weighted by atomic mass is 9.99. The highest BCUT2D eigenvalue weighted by molar-refractivity contribution is 5.76. The van der Waals surface area contributed by atoms with Crippen LogP contribution in [-0.2, 0) is 0 Å². The Labute approximate surface area is 119 Å². The van der Waals surface area contributed by atoms with E-state index in [9.17, 15) is 0 Å². The molecule has 0 saturated carbocycles. The third-order valence-corrected chi connectivity index (χ3v) is 3.34. The lowest BCUT2D eigenvalue weighted by Crippen LogP contribution is -1.89. The van der Waals surface area contributed by atoms with E-state index in [1.165, 1.54) is 5.56 Å². The van der Waals surface area contributed by atoms with Crippen LogP contribution in [0.15, 0.2) is 72.8 Å². The molecule has 0 heterocycles. The van der Waals surface area contributed by atoms with Crippen molar-refractivity contribution in [3.63, 3.8) is 0 Å². The molecule has 0 fully saturated rings. The fraction of sp³-hybridized carbons (Fsp3) is 0.0526. The average Bonchev–Trinajstić information content (AvgIpc) is 2.56. The molecule has 3 aromatic carbocycles. The Balaban J connectivity index is 2.07. The van der Waals surface area contributed by atoms with Crippen LogP contribution in [0, 0.1) is 6.07 Å². The number of rotatable bonds is 3. The van der Waals surface area contributed by atoms with E-state index in [-0.39, 0.29) is 0 Å². The second-order valence-corrected chi connectivity index (χ2v) is 4.57. The molecular weight excluding hydrogens is 244 g/mol. The predicted octanol–water partition coefficient (Wildman–Crippen LogP) is 4.83. The van der Waals surface area contributed by atoms with Crippen molar-refractivity contribution in [2.75, 3.05) is 7.11 Å². The second kappa shape index (κ2) is 5.62. The van der Waals surface area contributed by atoms with Crippen LogP contribution >= 0.6 is 0 Å². The summed E-state index contributed by atoms with van der Waals surface area (Å²) in [7, 11) is 1.71. The van der Waals surface area contributed by atoms with Crippen LogP contribution < -0.4 is 4.74 Å². The number of hydrogen-bond donors (Lipinski definition) is 0. The first-order valence-electron chi connectivity index (χ1n) is 6.58. The summed E-state index contributed by atoms with van der Waals surface area (Å²) in [6.45, 7) is 0. The fourth-order valence-electron chi connectivity index (χ4n) is 2.31. The van der Waals surface area contributed by atoms with Gasteiger partial charge in [0.05, 0.1) is 7.11 Å². The molecule has 97 valence electrons. The van der Waals surface area contributed by atoms with Crippen LogP contribution in [0.4, 0.5) is 0 Å². The maximum Gasteiger partial charge on any atom is 0.127 e. The van der Waals surface area contributed by atoms with Gasteiger partial charge in [0, 0.05) is 5.56 Å². The quantitative estimate of drug-likeness (QED) is 0.654. The van der Waals surface area contributed by atoms with Gasteiger partial charge in [-0.15, -0.1) is 0 Å². The van der Waals surface area contributed by atoms with Gasteiger partial charge in [0.15, 0.2) is 0 Å². The molecular formula is C19H15O. The third kappa shape index (κ3) is 2.43. The molecule has 1 nitrogen and oxygen atoms in total. The summed E-state index contributed by atoms with van der Waals surface area (Å²) in [5, 5.41) is 0. The van der Waals surface area contributed by atoms with E-state index in [2.05, 4.69) is 36.4 Å². The molecule has 3 rings (SSSR count). The van der Waals surface area contributed by atoms with Crippen molar-refractivity contribution in [3.05, 3.63) is 78.9 Å². The molecule has 0 aromatic heterocycles. The average molecular weight is 259 g/mol. The fourth-order valence-corrected chi connectivity index (χ4v) is 2.31. The van der Waals surface area contributed by atoms with Gasteiger partial charge in [-0.1, -0.05) is 66.7 Å². The molecule has 0 N–H and O–H groups in total. The van der Waals surface area contributed by atoms with E-state index in [1.807, 2.05) is 42.5 Å². The summed E-state index contributed by atoms with van der Waals surface area (Å²) in [5.74, 6) is 0.887. The normalized spacial score (nSPS) is 10.2. The van der Waals surface area contributed by atoms with Crippen molar-refractivity contribution in [1.29, 1.82) is 0 Å². The highest BCUT2D eigenvalue weighted by atomic mass is 16.5. The topological polar surface area (TPSA) is 9.23 Å². The van der Waals surface area contributed by atoms with Crippen molar-refractivity contribution in [3.8, 4) is 28.0 Å². The molecule has 1 heteroatoms. The van der Waals surface area contributed by atoms with Crippen LogP contribution in [0.5, 0.6) is 5.75 Å². The Morgan fingerprint density at radius 2 is 1.50 bits per heavy atom. The first kappa shape index (κ1) is 12.5. The van der Waals surface area contributed by atoms with Crippen molar-refractivity contribution < 1.29 is 4.74 Å². The van der Waals surface area contributed by atoms with Gasteiger partial charge in [0.2, 0.25) is 0 Å². The third-order valence-electron chi connectivity index (χ3n) is 3.34. The van der Waals surface area contributed by atoms with E-state index in [0.717, 1.165) is 22.4 Å². The Bertz CT molecular complexity index is 687. The molecule has 0 spiro atoms. The highest BCUT2D eigenvalue weighted by Gasteiger charge is 2.07. The van der Waals surface area contributed by atoms with Crippen LogP contribution in [-0.4, -0.2) is 7.11 Å². The van der Waals surface area contributed by atoms with Crippen molar-refractivity contribution in [1.82, 2.24) is 0 Å². The Morgan fingerprint density at radius 1 is 0.750 bits per heavy atom. The summed E-state index contributed by atoms with van der Waals surface area (Å²) < 4.78 is 5.55. The van der Waals surface area contributed by atoms with E-state index in [0.29, 0.717) is 0 Å². The molecule has 0 atom stereocenters. The van der Waals surface area contributed by atoms with Gasteiger partial charge in [-0.25, -0.2) is 0 Å².